The minimum Gasteiger partial charge on any atom is -0.497 e. The number of benzene rings is 1. The van der Waals surface area contributed by atoms with Crippen LogP contribution in [0.25, 0.3) is 0 Å². The van der Waals surface area contributed by atoms with E-state index in [1.807, 2.05) is 6.08 Å². The van der Waals surface area contributed by atoms with Gasteiger partial charge in [-0.1, -0.05) is 30.3 Å². The normalized spacial score (nSPS) is 23.1. The van der Waals surface area contributed by atoms with Gasteiger partial charge in [-0.05, 0) is 29.2 Å². The minimum absolute atomic E-state index is 0. The van der Waals surface area contributed by atoms with E-state index in [4.69, 9.17) is 9.47 Å². The second-order valence-electron chi connectivity index (χ2n) is 6.19. The number of hydrogen-bond acceptors (Lipinski definition) is 3. The van der Waals surface area contributed by atoms with E-state index < -0.39 is 0 Å². The monoisotopic (exact) mass is 331 g/mol. The van der Waals surface area contributed by atoms with Crippen LogP contribution in [-0.4, -0.2) is 31.7 Å². The van der Waals surface area contributed by atoms with Crippen molar-refractivity contribution in [2.24, 2.45) is 5.92 Å². The maximum absolute atomic E-state index is 5.98. The number of fused-ring (bicyclic) bond motifs is 2. The van der Waals surface area contributed by atoms with Crippen molar-refractivity contribution in [1.29, 1.82) is 0 Å². The SMILES string of the molecule is COC1=CCC2=C3CN(Cc4ccccc4)CC3COC2=C1.Cl. The number of halogens is 1. The van der Waals surface area contributed by atoms with Gasteiger partial charge in [0.2, 0.25) is 0 Å². The molecule has 2 aliphatic heterocycles. The molecule has 4 heteroatoms. The van der Waals surface area contributed by atoms with Crippen LogP contribution in [0.1, 0.15) is 12.0 Å². The Bertz CT molecular complexity index is 663. The van der Waals surface area contributed by atoms with Gasteiger partial charge in [-0.25, -0.2) is 0 Å². The van der Waals surface area contributed by atoms with Crippen molar-refractivity contribution in [3.05, 3.63) is 70.7 Å². The number of allylic oxidation sites excluding steroid dienone is 3. The summed E-state index contributed by atoms with van der Waals surface area (Å²) in [5, 5.41) is 0. The zero-order valence-electron chi connectivity index (χ0n) is 13.3. The van der Waals surface area contributed by atoms with Crippen molar-refractivity contribution >= 4 is 12.4 Å². The summed E-state index contributed by atoms with van der Waals surface area (Å²) in [5.74, 6) is 2.48. The molecule has 0 radical (unpaired) electrons. The predicted octanol–water partition coefficient (Wildman–Crippen LogP) is 3.68. The van der Waals surface area contributed by atoms with E-state index in [1.54, 1.807) is 12.7 Å². The van der Waals surface area contributed by atoms with Crippen LogP contribution >= 0.6 is 12.4 Å². The first-order chi connectivity index (χ1) is 10.8. The third kappa shape index (κ3) is 3.17. The molecule has 23 heavy (non-hydrogen) atoms. The number of ether oxygens (including phenoxy) is 2. The first-order valence-corrected chi connectivity index (χ1v) is 7.90. The van der Waals surface area contributed by atoms with E-state index in [-0.39, 0.29) is 12.4 Å². The number of nitrogens with zero attached hydrogens (tertiary/aromatic N) is 1. The second-order valence-corrected chi connectivity index (χ2v) is 6.19. The molecule has 1 aliphatic carbocycles. The van der Waals surface area contributed by atoms with Gasteiger partial charge in [0.05, 0.1) is 13.7 Å². The lowest BCUT2D eigenvalue weighted by atomic mass is 9.90. The van der Waals surface area contributed by atoms with E-state index in [9.17, 15) is 0 Å². The van der Waals surface area contributed by atoms with Crippen molar-refractivity contribution < 1.29 is 9.47 Å². The number of likely N-dealkylation sites (tertiary alicyclic amines) is 1. The highest BCUT2D eigenvalue weighted by molar-refractivity contribution is 5.85. The van der Waals surface area contributed by atoms with Crippen LogP contribution in [0, 0.1) is 5.92 Å². The molecular weight excluding hydrogens is 310 g/mol. The third-order valence-corrected chi connectivity index (χ3v) is 4.76. The summed E-state index contributed by atoms with van der Waals surface area (Å²) in [5.41, 5.74) is 4.33. The van der Waals surface area contributed by atoms with Crippen molar-refractivity contribution in [1.82, 2.24) is 4.90 Å². The molecule has 2 heterocycles. The van der Waals surface area contributed by atoms with E-state index in [1.165, 1.54) is 11.1 Å². The molecule has 0 bridgehead atoms. The van der Waals surface area contributed by atoms with Gasteiger partial charge in [0.25, 0.3) is 0 Å². The van der Waals surface area contributed by atoms with E-state index in [2.05, 4.69) is 41.3 Å². The Balaban J connectivity index is 0.00000156. The average Bonchev–Trinajstić information content (AvgIpc) is 2.98. The molecule has 1 fully saturated rings. The van der Waals surface area contributed by atoms with Crippen LogP contribution in [0.2, 0.25) is 0 Å². The molecule has 1 saturated heterocycles. The Morgan fingerprint density at radius 3 is 2.87 bits per heavy atom. The Hall–Kier alpha value is -1.71. The van der Waals surface area contributed by atoms with Crippen LogP contribution in [0.5, 0.6) is 0 Å². The number of rotatable bonds is 3. The summed E-state index contributed by atoms with van der Waals surface area (Å²) in [6.07, 6.45) is 5.11. The highest BCUT2D eigenvalue weighted by atomic mass is 35.5. The quantitative estimate of drug-likeness (QED) is 0.843. The van der Waals surface area contributed by atoms with Gasteiger partial charge in [0.1, 0.15) is 11.5 Å². The molecule has 122 valence electrons. The highest BCUT2D eigenvalue weighted by Crippen LogP contribution is 2.39. The van der Waals surface area contributed by atoms with Crippen molar-refractivity contribution in [2.75, 3.05) is 26.8 Å². The predicted molar refractivity (Wildman–Crippen MR) is 93.2 cm³/mol. The van der Waals surface area contributed by atoms with Gasteiger partial charge in [0.15, 0.2) is 0 Å². The lowest BCUT2D eigenvalue weighted by molar-refractivity contribution is 0.163. The molecule has 1 atom stereocenters. The molecule has 1 unspecified atom stereocenters. The Morgan fingerprint density at radius 2 is 2.09 bits per heavy atom. The Labute approximate surface area is 143 Å². The first kappa shape index (κ1) is 16.2. The van der Waals surface area contributed by atoms with Crippen LogP contribution in [-0.2, 0) is 16.0 Å². The molecule has 4 rings (SSSR count). The zero-order valence-corrected chi connectivity index (χ0v) is 14.1. The largest absolute Gasteiger partial charge is 0.497 e. The van der Waals surface area contributed by atoms with Crippen molar-refractivity contribution in [3.63, 3.8) is 0 Å². The number of methoxy groups -OCH3 is 1. The van der Waals surface area contributed by atoms with Gasteiger partial charge in [-0.3, -0.25) is 4.90 Å². The van der Waals surface area contributed by atoms with Crippen LogP contribution in [0.3, 0.4) is 0 Å². The van der Waals surface area contributed by atoms with Crippen molar-refractivity contribution in [3.8, 4) is 0 Å². The molecule has 1 aromatic carbocycles. The molecule has 0 spiro atoms. The number of hydrogen-bond donors (Lipinski definition) is 0. The van der Waals surface area contributed by atoms with Gasteiger partial charge in [-0.2, -0.15) is 0 Å². The average molecular weight is 332 g/mol. The van der Waals surface area contributed by atoms with Gasteiger partial charge in [-0.15, -0.1) is 12.4 Å². The van der Waals surface area contributed by atoms with Crippen LogP contribution in [0.15, 0.2) is 65.1 Å². The molecule has 0 N–H and O–H groups in total. The smallest absolute Gasteiger partial charge is 0.126 e. The topological polar surface area (TPSA) is 21.7 Å². The molecule has 0 saturated carbocycles. The summed E-state index contributed by atoms with van der Waals surface area (Å²) >= 11 is 0. The van der Waals surface area contributed by atoms with E-state index >= 15 is 0 Å². The zero-order chi connectivity index (χ0) is 14.9. The molecule has 1 aromatic rings. The molecule has 3 nitrogen and oxygen atoms in total. The van der Waals surface area contributed by atoms with Crippen molar-refractivity contribution in [2.45, 2.75) is 13.0 Å². The maximum atomic E-state index is 5.98. The van der Waals surface area contributed by atoms with Gasteiger partial charge >= 0.3 is 0 Å². The lowest BCUT2D eigenvalue weighted by Gasteiger charge is -2.27. The van der Waals surface area contributed by atoms with E-state index in [0.29, 0.717) is 5.92 Å². The summed E-state index contributed by atoms with van der Waals surface area (Å²) in [7, 11) is 1.71. The molecule has 0 aromatic heterocycles. The molecule has 0 amide bonds. The third-order valence-electron chi connectivity index (χ3n) is 4.76. The Morgan fingerprint density at radius 1 is 1.26 bits per heavy atom. The van der Waals surface area contributed by atoms with Gasteiger partial charge < -0.3 is 9.47 Å². The fourth-order valence-corrected chi connectivity index (χ4v) is 3.64. The lowest BCUT2D eigenvalue weighted by Crippen LogP contribution is -2.22. The Kier molecular flexibility index (Phi) is 4.79. The highest BCUT2D eigenvalue weighted by Gasteiger charge is 2.35. The summed E-state index contributed by atoms with van der Waals surface area (Å²) < 4.78 is 11.3. The fraction of sp³-hybridized carbons (Fsp3) is 0.368. The first-order valence-electron chi connectivity index (χ1n) is 7.90. The minimum atomic E-state index is 0. The maximum Gasteiger partial charge on any atom is 0.126 e. The van der Waals surface area contributed by atoms with E-state index in [0.717, 1.165) is 44.2 Å². The second kappa shape index (κ2) is 6.81. The van der Waals surface area contributed by atoms with Crippen LogP contribution in [0.4, 0.5) is 0 Å². The van der Waals surface area contributed by atoms with Gasteiger partial charge in [0, 0.05) is 31.6 Å². The summed E-state index contributed by atoms with van der Waals surface area (Å²) in [4.78, 5) is 2.53. The standard InChI is InChI=1S/C19H21NO2.ClH/c1-21-16-7-8-17-18-12-20(10-14-5-3-2-4-6-14)11-15(18)13-22-19(17)9-16;/h2-7,9,15H,8,10-13H2,1H3;1H. The molecular formula is C19H22ClNO2. The fourth-order valence-electron chi connectivity index (χ4n) is 3.64. The van der Waals surface area contributed by atoms with Crippen LogP contribution < -0.4 is 0 Å². The molecule has 3 aliphatic rings. The summed E-state index contributed by atoms with van der Waals surface area (Å²) in [6, 6.07) is 10.7. The summed E-state index contributed by atoms with van der Waals surface area (Å²) in [6.45, 7) is 3.98.